The van der Waals surface area contributed by atoms with E-state index in [-0.39, 0.29) is 12.2 Å². The summed E-state index contributed by atoms with van der Waals surface area (Å²) in [7, 11) is 0. The van der Waals surface area contributed by atoms with Crippen molar-refractivity contribution < 1.29 is 29.4 Å². The van der Waals surface area contributed by atoms with Gasteiger partial charge in [-0.15, -0.1) is 0 Å². The Morgan fingerprint density at radius 1 is 1.20 bits per heavy atom. The van der Waals surface area contributed by atoms with E-state index in [0.29, 0.717) is 5.69 Å². The maximum absolute atomic E-state index is 12.2. The van der Waals surface area contributed by atoms with Crippen LogP contribution in [-0.4, -0.2) is 67.8 Å². The lowest BCUT2D eigenvalue weighted by Gasteiger charge is -2.21. The molecular weight excluding hydrogens is 354 g/mol. The topological polar surface area (TPSA) is 188 Å². The fraction of sp³-hybridized carbons (Fsp3) is 0.462. The van der Waals surface area contributed by atoms with Gasteiger partial charge in [-0.2, -0.15) is 12.6 Å². The SMILES string of the molecule is N[C@@H](CC(=O)O)C(=O)N[C@@H](CS)C(=O)N[C@@H](Cc1cnc[nH]1)C(=O)O. The van der Waals surface area contributed by atoms with Crippen LogP contribution < -0.4 is 16.4 Å². The van der Waals surface area contributed by atoms with Crippen LogP contribution in [0.2, 0.25) is 0 Å². The molecule has 3 atom stereocenters. The number of thiol groups is 1. The minimum Gasteiger partial charge on any atom is -0.481 e. The lowest BCUT2D eigenvalue weighted by molar-refractivity contribution is -0.142. The first-order chi connectivity index (χ1) is 11.7. The van der Waals surface area contributed by atoms with Crippen molar-refractivity contribution in [2.24, 2.45) is 5.73 Å². The second-order valence-electron chi connectivity index (χ2n) is 5.13. The summed E-state index contributed by atoms with van der Waals surface area (Å²) in [6.45, 7) is 0. The highest BCUT2D eigenvalue weighted by molar-refractivity contribution is 7.80. The van der Waals surface area contributed by atoms with E-state index < -0.39 is 48.3 Å². The third-order valence-corrected chi connectivity index (χ3v) is 3.51. The molecule has 0 spiro atoms. The summed E-state index contributed by atoms with van der Waals surface area (Å²) in [6.07, 6.45) is 2.15. The fourth-order valence-corrected chi connectivity index (χ4v) is 2.10. The van der Waals surface area contributed by atoms with E-state index >= 15 is 0 Å². The molecule has 0 aliphatic heterocycles. The molecule has 25 heavy (non-hydrogen) atoms. The number of amides is 2. The zero-order chi connectivity index (χ0) is 19.0. The van der Waals surface area contributed by atoms with E-state index in [0.717, 1.165) is 0 Å². The molecule has 0 fully saturated rings. The third-order valence-electron chi connectivity index (χ3n) is 3.14. The Morgan fingerprint density at radius 2 is 1.84 bits per heavy atom. The van der Waals surface area contributed by atoms with Gasteiger partial charge in [0.15, 0.2) is 0 Å². The number of H-pyrrole nitrogens is 1. The fourth-order valence-electron chi connectivity index (χ4n) is 1.84. The number of hydrogen-bond donors (Lipinski definition) is 7. The van der Waals surface area contributed by atoms with Gasteiger partial charge in [0.1, 0.15) is 12.1 Å². The smallest absolute Gasteiger partial charge is 0.326 e. The molecule has 0 saturated carbocycles. The lowest BCUT2D eigenvalue weighted by atomic mass is 10.1. The minimum atomic E-state index is -1.34. The number of aliphatic carboxylic acids is 2. The van der Waals surface area contributed by atoms with Crippen molar-refractivity contribution in [3.63, 3.8) is 0 Å². The molecule has 0 radical (unpaired) electrons. The molecule has 12 heteroatoms. The lowest BCUT2D eigenvalue weighted by Crippen LogP contribution is -2.55. The average Bonchev–Trinajstić information content (AvgIpc) is 3.03. The number of rotatable bonds is 10. The van der Waals surface area contributed by atoms with Gasteiger partial charge in [0, 0.05) is 24.1 Å². The largest absolute Gasteiger partial charge is 0.481 e. The number of nitrogens with zero attached hydrogens (tertiary/aromatic N) is 1. The molecule has 2 amide bonds. The van der Waals surface area contributed by atoms with E-state index in [4.69, 9.17) is 10.8 Å². The van der Waals surface area contributed by atoms with E-state index in [9.17, 15) is 24.3 Å². The maximum atomic E-state index is 12.2. The molecular formula is C13H19N5O6S. The molecule has 0 unspecified atom stereocenters. The van der Waals surface area contributed by atoms with Gasteiger partial charge in [0.25, 0.3) is 0 Å². The summed E-state index contributed by atoms with van der Waals surface area (Å²) < 4.78 is 0. The Hall–Kier alpha value is -2.60. The summed E-state index contributed by atoms with van der Waals surface area (Å²) in [5.74, 6) is -4.29. The highest BCUT2D eigenvalue weighted by atomic mass is 32.1. The van der Waals surface area contributed by atoms with Gasteiger partial charge in [0.05, 0.1) is 18.8 Å². The second-order valence-corrected chi connectivity index (χ2v) is 5.49. The van der Waals surface area contributed by atoms with Crippen molar-refractivity contribution in [1.29, 1.82) is 0 Å². The number of carbonyl (C=O) groups excluding carboxylic acids is 2. The van der Waals surface area contributed by atoms with Crippen molar-refractivity contribution in [3.8, 4) is 0 Å². The second kappa shape index (κ2) is 9.64. The number of nitrogens with one attached hydrogen (secondary N) is 3. The Bertz CT molecular complexity index is 622. The molecule has 1 aromatic heterocycles. The maximum Gasteiger partial charge on any atom is 0.326 e. The van der Waals surface area contributed by atoms with Crippen molar-refractivity contribution in [2.45, 2.75) is 31.0 Å². The summed E-state index contributed by atoms with van der Waals surface area (Å²) in [5, 5.41) is 22.3. The van der Waals surface area contributed by atoms with Crippen LogP contribution in [0.1, 0.15) is 12.1 Å². The van der Waals surface area contributed by atoms with Crippen LogP contribution in [0.25, 0.3) is 0 Å². The molecule has 1 rings (SSSR count). The van der Waals surface area contributed by atoms with Crippen molar-refractivity contribution in [3.05, 3.63) is 18.2 Å². The number of imidazole rings is 1. The van der Waals surface area contributed by atoms with Crippen LogP contribution in [0.3, 0.4) is 0 Å². The van der Waals surface area contributed by atoms with Gasteiger partial charge in [-0.3, -0.25) is 14.4 Å². The quantitative estimate of drug-likeness (QED) is 0.224. The molecule has 138 valence electrons. The first kappa shape index (κ1) is 20.4. The first-order valence-corrected chi connectivity index (χ1v) is 7.76. The Balaban J connectivity index is 2.68. The minimum absolute atomic E-state index is 0.0349. The van der Waals surface area contributed by atoms with E-state index in [1.54, 1.807) is 0 Å². The summed E-state index contributed by atoms with van der Waals surface area (Å²) >= 11 is 3.93. The van der Waals surface area contributed by atoms with Crippen LogP contribution in [0.5, 0.6) is 0 Å². The summed E-state index contributed by atoms with van der Waals surface area (Å²) in [6, 6.07) is -3.76. The number of nitrogens with two attached hydrogens (primary N) is 1. The predicted molar refractivity (Wildman–Crippen MR) is 87.9 cm³/mol. The molecule has 7 N–H and O–H groups in total. The Kier molecular flexibility index (Phi) is 7.88. The zero-order valence-electron chi connectivity index (χ0n) is 13.0. The van der Waals surface area contributed by atoms with Gasteiger partial charge >= 0.3 is 11.9 Å². The van der Waals surface area contributed by atoms with Gasteiger partial charge in [-0.1, -0.05) is 0 Å². The van der Waals surface area contributed by atoms with Gasteiger partial charge < -0.3 is 31.6 Å². The number of aromatic nitrogens is 2. The Morgan fingerprint density at radius 3 is 2.32 bits per heavy atom. The van der Waals surface area contributed by atoms with Crippen LogP contribution in [0, 0.1) is 0 Å². The molecule has 0 bridgehead atoms. The Labute approximate surface area is 147 Å². The summed E-state index contributed by atoms with van der Waals surface area (Å²) in [5.41, 5.74) is 5.91. The number of carbonyl (C=O) groups is 4. The van der Waals surface area contributed by atoms with E-state index in [1.165, 1.54) is 12.5 Å². The van der Waals surface area contributed by atoms with Crippen LogP contribution in [0.15, 0.2) is 12.5 Å². The predicted octanol–water partition coefficient (Wildman–Crippen LogP) is -2.26. The average molecular weight is 373 g/mol. The summed E-state index contributed by atoms with van der Waals surface area (Å²) in [4.78, 5) is 52.3. The molecule has 0 aromatic carbocycles. The molecule has 0 aliphatic rings. The van der Waals surface area contributed by atoms with Crippen LogP contribution in [0.4, 0.5) is 0 Å². The van der Waals surface area contributed by atoms with Crippen molar-refractivity contribution in [1.82, 2.24) is 20.6 Å². The third kappa shape index (κ3) is 6.81. The number of aromatic amines is 1. The normalized spacial score (nSPS) is 14.2. The van der Waals surface area contributed by atoms with Gasteiger partial charge in [-0.25, -0.2) is 9.78 Å². The van der Waals surface area contributed by atoms with E-state index in [2.05, 4.69) is 33.2 Å². The van der Waals surface area contributed by atoms with Gasteiger partial charge in [0.2, 0.25) is 11.8 Å². The van der Waals surface area contributed by atoms with E-state index in [1.807, 2.05) is 0 Å². The molecule has 0 aliphatic carbocycles. The molecule has 11 nitrogen and oxygen atoms in total. The van der Waals surface area contributed by atoms with Crippen LogP contribution >= 0.6 is 12.6 Å². The first-order valence-electron chi connectivity index (χ1n) is 7.13. The monoisotopic (exact) mass is 373 g/mol. The highest BCUT2D eigenvalue weighted by Crippen LogP contribution is 2.01. The zero-order valence-corrected chi connectivity index (χ0v) is 13.9. The number of carboxylic acids is 2. The molecule has 0 saturated heterocycles. The van der Waals surface area contributed by atoms with Crippen molar-refractivity contribution >= 4 is 36.4 Å². The molecule has 1 aromatic rings. The van der Waals surface area contributed by atoms with Gasteiger partial charge in [-0.05, 0) is 0 Å². The highest BCUT2D eigenvalue weighted by Gasteiger charge is 2.28. The standard InChI is InChI=1S/C13H19N5O6S/c14-7(2-10(19)20)11(21)18-9(4-25)12(22)17-8(13(23)24)1-6-3-15-5-16-6/h3,5,7-9,25H,1-2,4,14H2,(H,15,16)(H,17,22)(H,18,21)(H,19,20)(H,23,24)/t7-,8-,9-/m0/s1. The van der Waals surface area contributed by atoms with Crippen LogP contribution in [-0.2, 0) is 25.6 Å². The molecule has 1 heterocycles. The number of carboxylic acid groups (broad SMARTS) is 2. The number of hydrogen-bond acceptors (Lipinski definition) is 7. The van der Waals surface area contributed by atoms with Crippen molar-refractivity contribution in [2.75, 3.05) is 5.75 Å².